The van der Waals surface area contributed by atoms with Gasteiger partial charge in [-0.2, -0.15) is 0 Å². The molecule has 6 heteroatoms. The van der Waals surface area contributed by atoms with Gasteiger partial charge in [0.2, 0.25) is 5.91 Å². The van der Waals surface area contributed by atoms with E-state index in [9.17, 15) is 9.59 Å². The Kier molecular flexibility index (Phi) is 7.86. The van der Waals surface area contributed by atoms with Crippen molar-refractivity contribution in [1.29, 1.82) is 0 Å². The number of anilines is 1. The second-order valence-electron chi connectivity index (χ2n) is 12.0. The average Bonchev–Trinajstić information content (AvgIpc) is 3.04. The van der Waals surface area contributed by atoms with Crippen LogP contribution in [0.1, 0.15) is 80.8 Å². The van der Waals surface area contributed by atoms with Crippen LogP contribution in [0, 0.1) is 5.92 Å². The predicted molar refractivity (Wildman–Crippen MR) is 159 cm³/mol. The predicted octanol–water partition coefficient (Wildman–Crippen LogP) is 5.15. The first-order valence-electron chi connectivity index (χ1n) is 14.8. The number of nitrogens with two attached hydrogens (primary N) is 1. The van der Waals surface area contributed by atoms with Crippen molar-refractivity contribution in [3.63, 3.8) is 0 Å². The number of carbonyl (C=O) groups excluding carboxylic acids is 2. The zero-order valence-corrected chi connectivity index (χ0v) is 23.9. The number of piperazine rings is 1. The van der Waals surface area contributed by atoms with Crippen LogP contribution < -0.4 is 16.0 Å². The third-order valence-electron chi connectivity index (χ3n) is 9.14. The Hall–Kier alpha value is -3.12. The highest BCUT2D eigenvalue weighted by atomic mass is 16.2. The monoisotopic (exact) mass is 528 g/mol. The number of nitrogens with one attached hydrogen (secondary N) is 1. The molecule has 0 atom stereocenters. The number of ketones is 1. The van der Waals surface area contributed by atoms with Crippen molar-refractivity contribution < 1.29 is 9.59 Å². The normalized spacial score (nSPS) is 24.1. The van der Waals surface area contributed by atoms with Crippen LogP contribution >= 0.6 is 0 Å². The van der Waals surface area contributed by atoms with E-state index in [1.54, 1.807) is 0 Å². The van der Waals surface area contributed by atoms with Crippen LogP contribution in [0.3, 0.4) is 0 Å². The Bertz CT molecular complexity index is 1250. The zero-order valence-electron chi connectivity index (χ0n) is 23.9. The van der Waals surface area contributed by atoms with Gasteiger partial charge in [0.15, 0.2) is 5.78 Å². The maximum Gasteiger partial charge on any atom is 0.225 e. The number of benzene rings is 1. The summed E-state index contributed by atoms with van der Waals surface area (Å²) in [5.74, 6) is 0.661. The van der Waals surface area contributed by atoms with Gasteiger partial charge in [0.25, 0.3) is 0 Å². The smallest absolute Gasteiger partial charge is 0.225 e. The second-order valence-corrected chi connectivity index (χ2v) is 12.0. The topological polar surface area (TPSA) is 78.7 Å². The molecule has 1 saturated carbocycles. The van der Waals surface area contributed by atoms with E-state index in [-0.39, 0.29) is 11.7 Å². The molecular formula is C33H44N4O2. The third kappa shape index (κ3) is 5.23. The molecule has 3 N–H and O–H groups in total. The van der Waals surface area contributed by atoms with Crippen molar-refractivity contribution >= 4 is 17.4 Å². The fourth-order valence-electron chi connectivity index (χ4n) is 6.83. The summed E-state index contributed by atoms with van der Waals surface area (Å²) in [5, 5.41) is 3.50. The minimum absolute atomic E-state index is 0.0876. The maximum atomic E-state index is 13.9. The summed E-state index contributed by atoms with van der Waals surface area (Å²) in [4.78, 5) is 31.6. The summed E-state index contributed by atoms with van der Waals surface area (Å²) in [6.45, 7) is 14.3. The largest absolute Gasteiger partial charge is 0.368 e. The van der Waals surface area contributed by atoms with Gasteiger partial charge in [-0.05, 0) is 60.6 Å². The molecular weight excluding hydrogens is 484 g/mol. The van der Waals surface area contributed by atoms with Crippen LogP contribution in [0.15, 0.2) is 59.5 Å². The van der Waals surface area contributed by atoms with E-state index in [1.165, 1.54) is 30.5 Å². The Balaban J connectivity index is 1.43. The molecule has 0 radical (unpaired) electrons. The summed E-state index contributed by atoms with van der Waals surface area (Å²) in [6.07, 6.45) is 13.1. The van der Waals surface area contributed by atoms with Gasteiger partial charge in [0, 0.05) is 72.3 Å². The number of Topliss-reactive ketones (excluding diaryl/α,β-unsaturated/α-hetero) is 1. The summed E-state index contributed by atoms with van der Waals surface area (Å²) in [7, 11) is 0. The van der Waals surface area contributed by atoms with E-state index in [1.807, 2.05) is 18.2 Å². The zero-order chi connectivity index (χ0) is 27.7. The molecule has 0 aromatic heterocycles. The number of hydrogen-bond acceptors (Lipinski definition) is 5. The number of amides is 1. The molecule has 208 valence electrons. The van der Waals surface area contributed by atoms with Gasteiger partial charge in [-0.1, -0.05) is 58.8 Å². The molecule has 1 amide bonds. The van der Waals surface area contributed by atoms with Gasteiger partial charge < -0.3 is 20.9 Å². The van der Waals surface area contributed by atoms with Crippen molar-refractivity contribution in [3.05, 3.63) is 76.2 Å². The average molecular weight is 529 g/mol. The molecule has 2 fully saturated rings. The molecule has 0 unspecified atom stereocenters. The van der Waals surface area contributed by atoms with Crippen molar-refractivity contribution in [1.82, 2.24) is 10.2 Å². The molecule has 1 aromatic rings. The Labute approximate surface area is 233 Å². The number of hydrogen-bond donors (Lipinski definition) is 2. The van der Waals surface area contributed by atoms with Crippen molar-refractivity contribution in [3.8, 4) is 0 Å². The van der Waals surface area contributed by atoms with E-state index >= 15 is 0 Å². The lowest BCUT2D eigenvalue weighted by molar-refractivity contribution is -0.136. The van der Waals surface area contributed by atoms with Crippen LogP contribution in [0.4, 0.5) is 5.69 Å². The lowest BCUT2D eigenvalue weighted by Crippen LogP contribution is -2.51. The van der Waals surface area contributed by atoms with Gasteiger partial charge in [0.1, 0.15) is 0 Å². The van der Waals surface area contributed by atoms with Gasteiger partial charge in [-0.15, -0.1) is 0 Å². The van der Waals surface area contributed by atoms with Gasteiger partial charge in [0.05, 0.1) is 0 Å². The fraction of sp³-hybridized carbons (Fsp3) is 0.515. The number of aryl methyl sites for hydroxylation is 1. The summed E-state index contributed by atoms with van der Waals surface area (Å²) >= 11 is 0. The van der Waals surface area contributed by atoms with E-state index < -0.39 is 5.41 Å². The van der Waals surface area contributed by atoms with E-state index in [2.05, 4.69) is 54.6 Å². The third-order valence-corrected chi connectivity index (χ3v) is 9.14. The molecule has 0 spiro atoms. The van der Waals surface area contributed by atoms with E-state index in [0.717, 1.165) is 79.1 Å². The molecule has 0 bridgehead atoms. The summed E-state index contributed by atoms with van der Waals surface area (Å²) < 4.78 is 0. The highest BCUT2D eigenvalue weighted by Crippen LogP contribution is 2.44. The van der Waals surface area contributed by atoms with Crippen LogP contribution in [0.5, 0.6) is 0 Å². The van der Waals surface area contributed by atoms with Gasteiger partial charge in [-0.25, -0.2) is 0 Å². The number of carbonyl (C=O) groups is 2. The molecule has 4 aliphatic rings. The van der Waals surface area contributed by atoms with Crippen LogP contribution in [0.2, 0.25) is 0 Å². The van der Waals surface area contributed by atoms with Gasteiger partial charge >= 0.3 is 0 Å². The Morgan fingerprint density at radius 3 is 2.51 bits per heavy atom. The Morgan fingerprint density at radius 1 is 1.13 bits per heavy atom. The van der Waals surface area contributed by atoms with E-state index in [4.69, 9.17) is 5.73 Å². The first-order chi connectivity index (χ1) is 18.7. The van der Waals surface area contributed by atoms with Crippen molar-refractivity contribution in [2.45, 2.75) is 71.1 Å². The molecule has 1 saturated heterocycles. The fourth-order valence-corrected chi connectivity index (χ4v) is 6.83. The van der Waals surface area contributed by atoms with Crippen LogP contribution in [0.25, 0.3) is 0 Å². The summed E-state index contributed by atoms with van der Waals surface area (Å²) in [5.41, 5.74) is 13.2. The number of nitrogens with zero attached hydrogens (tertiary/aromatic N) is 2. The summed E-state index contributed by atoms with van der Waals surface area (Å²) in [6, 6.07) is 4.38. The minimum atomic E-state index is -0.407. The van der Waals surface area contributed by atoms with Crippen molar-refractivity contribution in [2.75, 3.05) is 37.6 Å². The number of fused-ring (bicyclic) bond motifs is 1. The van der Waals surface area contributed by atoms with Crippen LogP contribution in [-0.4, -0.2) is 49.3 Å². The quantitative estimate of drug-likeness (QED) is 0.565. The lowest BCUT2D eigenvalue weighted by Gasteiger charge is -2.41. The standard InChI is InChI=1S/C33H44N4O2/c1-5-24-19-27-28(20-29(24)36-14-16-37(17-15-36)32(39)25-11-7-6-8-12-25)33(3,4)31-26(30(27)38)13-9-10-23(21-34)18-22(2)35-31/h9-10,18-20,25,35H,2,5-8,11-17,21,34H2,1,3-4H3/b10-9-,23-18+. The Morgan fingerprint density at radius 2 is 1.85 bits per heavy atom. The lowest BCUT2D eigenvalue weighted by atomic mass is 9.70. The highest BCUT2D eigenvalue weighted by molar-refractivity contribution is 6.12. The highest BCUT2D eigenvalue weighted by Gasteiger charge is 2.40. The minimum Gasteiger partial charge on any atom is -0.368 e. The van der Waals surface area contributed by atoms with Gasteiger partial charge in [-0.3, -0.25) is 9.59 Å². The first kappa shape index (κ1) is 27.4. The maximum absolute atomic E-state index is 13.9. The molecule has 2 heterocycles. The molecule has 1 aromatic carbocycles. The molecule has 6 nitrogen and oxygen atoms in total. The van der Waals surface area contributed by atoms with Crippen molar-refractivity contribution in [2.24, 2.45) is 11.7 Å². The molecule has 5 rings (SSSR count). The molecule has 2 aliphatic carbocycles. The second kappa shape index (κ2) is 11.2. The molecule has 2 aliphatic heterocycles. The first-order valence-corrected chi connectivity index (χ1v) is 14.8. The number of rotatable bonds is 4. The number of allylic oxidation sites excluding steroid dienone is 4. The van der Waals surface area contributed by atoms with Crippen LogP contribution in [-0.2, 0) is 16.6 Å². The SMILES string of the molecule is C=C1/C=C(CN)\C=C/CC2=C(N1)C(C)(C)c1cc(N3CCN(C(=O)C4CCCCC4)CC3)c(CC)cc1C2=O. The molecule has 39 heavy (non-hydrogen) atoms. The van der Waals surface area contributed by atoms with E-state index in [0.29, 0.717) is 18.9 Å².